The predicted octanol–water partition coefficient (Wildman–Crippen LogP) is 11.9. The maximum absolute atomic E-state index is 13.1. The van der Waals surface area contributed by atoms with Gasteiger partial charge in [0.1, 0.15) is 34.5 Å². The van der Waals surface area contributed by atoms with E-state index in [1.54, 1.807) is 4.90 Å². The summed E-state index contributed by atoms with van der Waals surface area (Å²) in [5.41, 5.74) is -1.48. The average molecular weight is 1170 g/mol. The number of rotatable bonds is 14. The molecule has 8 saturated carbocycles. The first-order chi connectivity index (χ1) is 37.0. The van der Waals surface area contributed by atoms with Crippen molar-refractivity contribution in [3.05, 3.63) is 72.8 Å². The Labute approximate surface area is 461 Å². The normalized spacial score (nSPS) is 28.3. The molecular weight excluding hydrogens is 1090 g/mol. The minimum absolute atomic E-state index is 0.405. The lowest BCUT2D eigenvalue weighted by Crippen LogP contribution is -2.51. The molecule has 0 amide bonds. The standard InChI is InChI=1S/C18H23OS.C14H14OS.2C13H18F2O5S/c1-2-3-12-19-17-10-11-18(20-13-6-7-14-20)16-9-5-4-8-15(16)17;15-13-7-8-14(16-9-3-4-10-16)12-6-2-1-5-11(12)13;2*14-13(15,21(17,18)19)7-20-11(16)12-4-8-1-9(5-12)3-10(2-8)6-12/h4-5,8-11H,2-3,6-7,12-14H2,1H3;1-2,5-8H,3-4,9-10H2;2*8-10H,1-7H2,(H,17,18,19)/q+1;;;/p-1. The summed E-state index contributed by atoms with van der Waals surface area (Å²) in [6.07, 6.45) is 18.1. The fraction of sp³-hybridized carbons (Fsp3) is 0.621. The van der Waals surface area contributed by atoms with Gasteiger partial charge in [-0.15, -0.1) is 0 Å². The molecule has 14 rings (SSSR count). The molecule has 8 bridgehead atoms. The van der Waals surface area contributed by atoms with Crippen LogP contribution in [-0.4, -0.2) is 96.3 Å². The van der Waals surface area contributed by atoms with Crippen LogP contribution in [0.5, 0.6) is 11.5 Å². The van der Waals surface area contributed by atoms with Gasteiger partial charge in [0.15, 0.2) is 43.2 Å². The summed E-state index contributed by atoms with van der Waals surface area (Å²) in [7, 11) is -10.8. The van der Waals surface area contributed by atoms with E-state index in [-0.39, 0.29) is 0 Å². The van der Waals surface area contributed by atoms with Crippen LogP contribution in [0.2, 0.25) is 0 Å². The number of unbranched alkanes of at least 4 members (excludes halogenated alkanes) is 1. The Morgan fingerprint density at radius 1 is 0.564 bits per heavy atom. The maximum atomic E-state index is 13.1. The van der Waals surface area contributed by atoms with Crippen molar-refractivity contribution in [3.63, 3.8) is 0 Å². The second-order valence-electron chi connectivity index (χ2n) is 23.4. The van der Waals surface area contributed by atoms with E-state index in [2.05, 4.69) is 71.0 Å². The van der Waals surface area contributed by atoms with Gasteiger partial charge in [0, 0.05) is 43.3 Å². The number of alkyl halides is 4. The SMILES string of the molecule is CCCCOc1ccc([S+]2CCCC2)c2ccccc12.O=C(OCC(F)(F)S(=O)(=O)[O-])C12CC3CC(CC(C3)C1)C2.O=C(OCC(F)(F)S(=O)(=O)[O-])C12CC3CC(CC(C3)C1)C2.Oc1ccc([S+]2CCCC2)c2ccccc12. The molecular formula is C58H72F4O12S4. The third-order valence-corrected chi connectivity index (χ3v) is 24.3. The molecule has 2 heterocycles. The molecule has 2 saturated heterocycles. The molecule has 12 nitrogen and oxygen atoms in total. The van der Waals surface area contributed by atoms with E-state index in [1.165, 1.54) is 76.2 Å². The van der Waals surface area contributed by atoms with Crippen LogP contribution >= 0.6 is 0 Å². The molecule has 2 aliphatic heterocycles. The summed E-state index contributed by atoms with van der Waals surface area (Å²) < 4.78 is 130. The van der Waals surface area contributed by atoms with E-state index < -0.39 is 66.7 Å². The van der Waals surface area contributed by atoms with Crippen molar-refractivity contribution in [2.75, 3.05) is 42.8 Å². The first-order valence-corrected chi connectivity index (χ1v) is 33.6. The highest BCUT2D eigenvalue weighted by molar-refractivity contribution is 7.97. The van der Waals surface area contributed by atoms with Crippen LogP contribution in [0, 0.1) is 46.3 Å². The fourth-order valence-electron chi connectivity index (χ4n) is 14.7. The number of fused-ring (bicyclic) bond motifs is 2. The molecule has 428 valence electrons. The Kier molecular flexibility index (Phi) is 18.1. The predicted molar refractivity (Wildman–Crippen MR) is 292 cm³/mol. The van der Waals surface area contributed by atoms with Crippen LogP contribution in [0.1, 0.15) is 122 Å². The van der Waals surface area contributed by atoms with E-state index in [0.29, 0.717) is 102 Å². The minimum Gasteiger partial charge on any atom is -0.743 e. The monoisotopic (exact) mass is 1160 g/mol. The van der Waals surface area contributed by atoms with Gasteiger partial charge < -0.3 is 28.4 Å². The molecule has 8 aliphatic carbocycles. The lowest BCUT2D eigenvalue weighted by atomic mass is 9.49. The maximum Gasteiger partial charge on any atom is 0.367 e. The summed E-state index contributed by atoms with van der Waals surface area (Å²) in [6.45, 7) is -0.337. The second kappa shape index (κ2) is 23.9. The van der Waals surface area contributed by atoms with Crippen LogP contribution in [0.4, 0.5) is 17.6 Å². The lowest BCUT2D eigenvalue weighted by Gasteiger charge is -2.55. The number of halogens is 4. The number of esters is 2. The molecule has 78 heavy (non-hydrogen) atoms. The third-order valence-electron chi connectivity index (χ3n) is 17.6. The van der Waals surface area contributed by atoms with Crippen molar-refractivity contribution in [2.45, 2.75) is 143 Å². The van der Waals surface area contributed by atoms with Crippen LogP contribution in [-0.2, 0) is 61.1 Å². The summed E-state index contributed by atoms with van der Waals surface area (Å²) >= 11 is 0. The topological polar surface area (TPSA) is 196 Å². The molecule has 0 unspecified atom stereocenters. The molecule has 10 aliphatic rings. The number of carbonyl (C=O) groups excluding carboxylic acids is 2. The second-order valence-corrected chi connectivity index (χ2v) is 30.9. The van der Waals surface area contributed by atoms with Crippen molar-refractivity contribution in [1.82, 2.24) is 0 Å². The molecule has 0 aromatic heterocycles. The largest absolute Gasteiger partial charge is 0.743 e. The molecule has 0 spiro atoms. The number of benzene rings is 4. The molecule has 4 aromatic carbocycles. The van der Waals surface area contributed by atoms with Gasteiger partial charge in [0.2, 0.25) is 0 Å². The Morgan fingerprint density at radius 3 is 1.28 bits per heavy atom. The number of phenols is 1. The van der Waals surface area contributed by atoms with Gasteiger partial charge in [-0.05, 0) is 181 Å². The van der Waals surface area contributed by atoms with Crippen LogP contribution in [0.15, 0.2) is 82.6 Å². The Balaban J connectivity index is 0.000000127. The summed E-state index contributed by atoms with van der Waals surface area (Å²) in [6, 6.07) is 25.4. The molecule has 10 fully saturated rings. The smallest absolute Gasteiger partial charge is 0.367 e. The zero-order chi connectivity index (χ0) is 55.7. The van der Waals surface area contributed by atoms with Crippen molar-refractivity contribution in [3.8, 4) is 11.5 Å². The van der Waals surface area contributed by atoms with Crippen molar-refractivity contribution >= 4 is 75.5 Å². The number of phenolic OH excluding ortho intramolecular Hbond substituents is 1. The van der Waals surface area contributed by atoms with Gasteiger partial charge in [-0.3, -0.25) is 9.59 Å². The highest BCUT2D eigenvalue weighted by Gasteiger charge is 2.58. The van der Waals surface area contributed by atoms with Gasteiger partial charge in [-0.25, -0.2) is 16.8 Å². The number of carbonyl (C=O) groups is 2. The van der Waals surface area contributed by atoms with E-state index >= 15 is 0 Å². The van der Waals surface area contributed by atoms with Crippen LogP contribution < -0.4 is 4.74 Å². The lowest BCUT2D eigenvalue weighted by molar-refractivity contribution is -0.177. The summed E-state index contributed by atoms with van der Waals surface area (Å²) in [4.78, 5) is 27.4. The van der Waals surface area contributed by atoms with E-state index in [1.807, 2.05) is 18.2 Å². The summed E-state index contributed by atoms with van der Waals surface area (Å²) in [5, 5.41) is 5.66. The number of ether oxygens (including phenoxy) is 3. The number of aromatic hydroxyl groups is 1. The van der Waals surface area contributed by atoms with Crippen molar-refractivity contribution in [1.29, 1.82) is 0 Å². The Morgan fingerprint density at radius 2 is 0.910 bits per heavy atom. The van der Waals surface area contributed by atoms with Crippen molar-refractivity contribution in [2.24, 2.45) is 46.3 Å². The zero-order valence-electron chi connectivity index (χ0n) is 44.2. The summed E-state index contributed by atoms with van der Waals surface area (Å²) in [5.74, 6) is 7.97. The molecule has 1 N–H and O–H groups in total. The fourth-order valence-corrected chi connectivity index (χ4v) is 20.1. The molecule has 0 radical (unpaired) electrons. The Hall–Kier alpha value is -3.82. The van der Waals surface area contributed by atoms with Crippen LogP contribution in [0.3, 0.4) is 0 Å². The Bertz CT molecular complexity index is 2840. The van der Waals surface area contributed by atoms with Gasteiger partial charge in [0.25, 0.3) is 0 Å². The average Bonchev–Trinajstić information content (AvgIpc) is 4.26. The van der Waals surface area contributed by atoms with E-state index in [4.69, 9.17) is 4.74 Å². The van der Waals surface area contributed by atoms with Gasteiger partial charge >= 0.3 is 22.4 Å². The van der Waals surface area contributed by atoms with Gasteiger partial charge in [-0.2, -0.15) is 17.6 Å². The molecule has 0 atom stereocenters. The van der Waals surface area contributed by atoms with Crippen molar-refractivity contribution < 1.29 is 72.4 Å². The van der Waals surface area contributed by atoms with Gasteiger partial charge in [-0.1, -0.05) is 49.7 Å². The zero-order valence-corrected chi connectivity index (χ0v) is 47.4. The van der Waals surface area contributed by atoms with E-state index in [0.717, 1.165) is 62.7 Å². The number of hydrogen-bond donors (Lipinski definition) is 1. The quantitative estimate of drug-likeness (QED) is 0.0413. The first kappa shape index (κ1) is 58.8. The van der Waals surface area contributed by atoms with Crippen LogP contribution in [0.25, 0.3) is 21.5 Å². The minimum atomic E-state index is -5.81. The highest BCUT2D eigenvalue weighted by Crippen LogP contribution is 2.62. The number of hydrogen-bond acceptors (Lipinski definition) is 12. The highest BCUT2D eigenvalue weighted by atomic mass is 32.2. The molecule has 20 heteroatoms. The van der Waals surface area contributed by atoms with E-state index in [9.17, 15) is 58.2 Å². The third kappa shape index (κ3) is 13.1. The first-order valence-electron chi connectivity index (χ1n) is 27.7. The van der Waals surface area contributed by atoms with Gasteiger partial charge in [0.05, 0.1) is 17.4 Å². The molecule has 4 aromatic rings.